The molecule has 1 aliphatic rings. The van der Waals surface area contributed by atoms with Crippen LogP contribution in [0.3, 0.4) is 0 Å². The molecule has 0 saturated heterocycles. The second-order valence-corrected chi connectivity index (χ2v) is 5.74. The second kappa shape index (κ2) is 5.35. The zero-order valence-corrected chi connectivity index (χ0v) is 11.7. The molecule has 0 N–H and O–H groups in total. The van der Waals surface area contributed by atoms with Gasteiger partial charge in [-0.25, -0.2) is 0 Å². The predicted octanol–water partition coefficient (Wildman–Crippen LogP) is 3.93. The Bertz CT molecular complexity index is 324. The molecular formula is C13H21BrN2. The molecule has 0 radical (unpaired) electrons. The Hall–Kier alpha value is -0.310. The minimum absolute atomic E-state index is 0.438. The molecule has 1 aliphatic carbocycles. The lowest BCUT2D eigenvalue weighted by atomic mass is 9.82. The van der Waals surface area contributed by atoms with E-state index in [0.717, 1.165) is 11.9 Å². The summed E-state index contributed by atoms with van der Waals surface area (Å²) in [5.41, 5.74) is 1.72. The van der Waals surface area contributed by atoms with E-state index >= 15 is 0 Å². The quantitative estimate of drug-likeness (QED) is 0.608. The predicted molar refractivity (Wildman–Crippen MR) is 70.9 cm³/mol. The molecule has 1 heterocycles. The van der Waals surface area contributed by atoms with Crippen molar-refractivity contribution in [2.24, 2.45) is 5.41 Å². The van der Waals surface area contributed by atoms with Gasteiger partial charge in [-0.3, -0.25) is 4.68 Å². The molecule has 0 aromatic carbocycles. The van der Waals surface area contributed by atoms with Crippen molar-refractivity contribution in [3.05, 3.63) is 18.0 Å². The van der Waals surface area contributed by atoms with Crippen LogP contribution in [0.15, 0.2) is 12.3 Å². The second-order valence-electron chi connectivity index (χ2n) is 5.18. The molecule has 1 aromatic rings. The number of rotatable bonds is 3. The van der Waals surface area contributed by atoms with Crippen molar-refractivity contribution in [3.8, 4) is 0 Å². The minimum Gasteiger partial charge on any atom is -0.269 e. The number of hydrogen-bond acceptors (Lipinski definition) is 1. The van der Waals surface area contributed by atoms with Crippen LogP contribution in [-0.4, -0.2) is 15.1 Å². The van der Waals surface area contributed by atoms with Crippen molar-refractivity contribution < 1.29 is 0 Å². The van der Waals surface area contributed by atoms with E-state index in [2.05, 4.69) is 38.7 Å². The molecule has 0 unspecified atom stereocenters. The molecule has 16 heavy (non-hydrogen) atoms. The Morgan fingerprint density at radius 3 is 2.50 bits per heavy atom. The molecule has 1 aromatic heterocycles. The summed E-state index contributed by atoms with van der Waals surface area (Å²) >= 11 is 3.73. The molecule has 3 heteroatoms. The van der Waals surface area contributed by atoms with Gasteiger partial charge in [0.2, 0.25) is 0 Å². The fourth-order valence-corrected chi connectivity index (χ4v) is 3.43. The first-order valence-electron chi connectivity index (χ1n) is 6.30. The third kappa shape index (κ3) is 2.68. The Kier molecular flexibility index (Phi) is 4.06. The van der Waals surface area contributed by atoms with E-state index in [1.165, 1.54) is 44.2 Å². The van der Waals surface area contributed by atoms with Crippen LogP contribution in [0.25, 0.3) is 0 Å². The Morgan fingerprint density at radius 2 is 2.00 bits per heavy atom. The lowest BCUT2D eigenvalue weighted by molar-refractivity contribution is 0.230. The SMILES string of the molecule is Cc1ccnn1CC1(CBr)CCCCCC1. The lowest BCUT2D eigenvalue weighted by Crippen LogP contribution is -2.29. The highest BCUT2D eigenvalue weighted by molar-refractivity contribution is 9.09. The summed E-state index contributed by atoms with van der Waals surface area (Å²) < 4.78 is 2.17. The molecule has 90 valence electrons. The zero-order valence-electron chi connectivity index (χ0n) is 10.1. The van der Waals surface area contributed by atoms with Gasteiger partial charge in [-0.1, -0.05) is 41.6 Å². The number of nitrogens with zero attached hydrogens (tertiary/aromatic N) is 2. The normalized spacial score (nSPS) is 20.6. The third-order valence-corrected chi connectivity index (χ3v) is 5.05. The minimum atomic E-state index is 0.438. The van der Waals surface area contributed by atoms with Gasteiger partial charge >= 0.3 is 0 Å². The summed E-state index contributed by atoms with van der Waals surface area (Å²) in [4.78, 5) is 0. The fraction of sp³-hybridized carbons (Fsp3) is 0.769. The summed E-state index contributed by atoms with van der Waals surface area (Å²) in [5, 5.41) is 5.54. The number of halogens is 1. The van der Waals surface area contributed by atoms with E-state index in [1.54, 1.807) is 0 Å². The maximum Gasteiger partial charge on any atom is 0.0492 e. The van der Waals surface area contributed by atoms with Crippen LogP contribution >= 0.6 is 15.9 Å². The van der Waals surface area contributed by atoms with E-state index < -0.39 is 0 Å². The molecule has 0 spiro atoms. The molecule has 0 bridgehead atoms. The van der Waals surface area contributed by atoms with Gasteiger partial charge in [0.1, 0.15) is 0 Å². The molecule has 1 fully saturated rings. The number of hydrogen-bond donors (Lipinski definition) is 0. The Balaban J connectivity index is 2.11. The van der Waals surface area contributed by atoms with Gasteiger partial charge in [0, 0.05) is 23.8 Å². The Morgan fingerprint density at radius 1 is 1.31 bits per heavy atom. The van der Waals surface area contributed by atoms with Crippen LogP contribution < -0.4 is 0 Å². The van der Waals surface area contributed by atoms with E-state index in [-0.39, 0.29) is 0 Å². The number of aromatic nitrogens is 2. The largest absolute Gasteiger partial charge is 0.269 e. The van der Waals surface area contributed by atoms with Crippen LogP contribution in [0, 0.1) is 12.3 Å². The summed E-state index contributed by atoms with van der Waals surface area (Å²) in [6.07, 6.45) is 10.2. The number of aryl methyl sites for hydroxylation is 1. The number of alkyl halides is 1. The molecule has 0 atom stereocenters. The van der Waals surface area contributed by atoms with Crippen molar-refractivity contribution >= 4 is 15.9 Å². The molecule has 0 aliphatic heterocycles. The average Bonchev–Trinajstić information content (AvgIpc) is 2.56. The van der Waals surface area contributed by atoms with E-state index in [0.29, 0.717) is 5.41 Å². The van der Waals surface area contributed by atoms with Crippen LogP contribution in [-0.2, 0) is 6.54 Å². The highest BCUT2D eigenvalue weighted by Gasteiger charge is 2.30. The van der Waals surface area contributed by atoms with E-state index in [9.17, 15) is 0 Å². The maximum absolute atomic E-state index is 4.43. The van der Waals surface area contributed by atoms with Gasteiger partial charge < -0.3 is 0 Å². The Labute approximate surface area is 107 Å². The van der Waals surface area contributed by atoms with Gasteiger partial charge in [-0.15, -0.1) is 0 Å². The third-order valence-electron chi connectivity index (χ3n) is 3.86. The van der Waals surface area contributed by atoms with Crippen LogP contribution in [0.1, 0.15) is 44.2 Å². The summed E-state index contributed by atoms with van der Waals surface area (Å²) in [6.45, 7) is 3.22. The zero-order chi connectivity index (χ0) is 11.4. The van der Waals surface area contributed by atoms with Gasteiger partial charge in [0.15, 0.2) is 0 Å². The lowest BCUT2D eigenvalue weighted by Gasteiger charge is -2.31. The van der Waals surface area contributed by atoms with Gasteiger partial charge in [-0.05, 0) is 31.2 Å². The first-order valence-corrected chi connectivity index (χ1v) is 7.42. The molecule has 2 rings (SSSR count). The van der Waals surface area contributed by atoms with Crippen molar-refractivity contribution in [2.45, 2.75) is 52.0 Å². The highest BCUT2D eigenvalue weighted by atomic mass is 79.9. The fourth-order valence-electron chi connectivity index (χ4n) is 2.69. The van der Waals surface area contributed by atoms with Gasteiger partial charge in [-0.2, -0.15) is 5.10 Å². The van der Waals surface area contributed by atoms with Gasteiger partial charge in [0.25, 0.3) is 0 Å². The smallest absolute Gasteiger partial charge is 0.0492 e. The summed E-state index contributed by atoms with van der Waals surface area (Å²) in [5.74, 6) is 0. The van der Waals surface area contributed by atoms with Crippen molar-refractivity contribution in [3.63, 3.8) is 0 Å². The van der Waals surface area contributed by atoms with Gasteiger partial charge in [0.05, 0.1) is 0 Å². The molecular weight excluding hydrogens is 264 g/mol. The van der Waals surface area contributed by atoms with Crippen LogP contribution in [0.2, 0.25) is 0 Å². The van der Waals surface area contributed by atoms with Crippen molar-refractivity contribution in [2.75, 3.05) is 5.33 Å². The maximum atomic E-state index is 4.43. The first kappa shape index (κ1) is 12.2. The molecule has 0 amide bonds. The van der Waals surface area contributed by atoms with Crippen LogP contribution in [0.4, 0.5) is 0 Å². The standard InChI is InChI=1S/C13H21BrN2/c1-12-6-9-15-16(12)11-13(10-14)7-4-2-3-5-8-13/h6,9H,2-5,7-8,10-11H2,1H3. The summed E-state index contributed by atoms with van der Waals surface area (Å²) in [7, 11) is 0. The highest BCUT2D eigenvalue weighted by Crippen LogP contribution is 2.38. The van der Waals surface area contributed by atoms with Crippen molar-refractivity contribution in [1.29, 1.82) is 0 Å². The van der Waals surface area contributed by atoms with Crippen LogP contribution in [0.5, 0.6) is 0 Å². The topological polar surface area (TPSA) is 17.8 Å². The van der Waals surface area contributed by atoms with E-state index in [4.69, 9.17) is 0 Å². The summed E-state index contributed by atoms with van der Waals surface area (Å²) in [6, 6.07) is 2.10. The molecule has 1 saturated carbocycles. The van der Waals surface area contributed by atoms with E-state index in [1.807, 2.05) is 6.20 Å². The molecule has 2 nitrogen and oxygen atoms in total. The van der Waals surface area contributed by atoms with Crippen molar-refractivity contribution in [1.82, 2.24) is 9.78 Å². The first-order chi connectivity index (χ1) is 7.76. The average molecular weight is 285 g/mol. The monoisotopic (exact) mass is 284 g/mol.